The number of rotatable bonds is 6. The second-order valence-corrected chi connectivity index (χ2v) is 8.32. The van der Waals surface area contributed by atoms with Gasteiger partial charge in [0.1, 0.15) is 12.4 Å². The van der Waals surface area contributed by atoms with Crippen LogP contribution in [0.15, 0.2) is 40.9 Å². The zero-order valence-corrected chi connectivity index (χ0v) is 18.1. The number of aromatic nitrogens is 1. The van der Waals surface area contributed by atoms with Crippen molar-refractivity contribution < 1.29 is 4.74 Å². The van der Waals surface area contributed by atoms with Crippen LogP contribution in [-0.2, 0) is 6.54 Å². The maximum Gasteiger partial charge on any atom is 0.147 e. The molecule has 0 aliphatic rings. The Hall–Kier alpha value is -1.20. The van der Waals surface area contributed by atoms with Crippen molar-refractivity contribution in [3.8, 4) is 5.75 Å². The fraction of sp³-hybridized carbons (Fsp3) is 0.300. The van der Waals surface area contributed by atoms with E-state index in [4.69, 9.17) is 27.9 Å². The molecule has 0 aliphatic carbocycles. The molecule has 0 amide bonds. The Morgan fingerprint density at radius 3 is 2.46 bits per heavy atom. The third kappa shape index (κ3) is 4.20. The molecule has 3 aromatic rings. The van der Waals surface area contributed by atoms with Crippen LogP contribution in [-0.4, -0.2) is 36.7 Å². The average Bonchev–Trinajstić information content (AvgIpc) is 2.82. The molecule has 1 aromatic heterocycles. The van der Waals surface area contributed by atoms with Gasteiger partial charge in [0.2, 0.25) is 0 Å². The van der Waals surface area contributed by atoms with Gasteiger partial charge in [0.25, 0.3) is 0 Å². The number of benzene rings is 2. The molecule has 0 spiro atoms. The minimum absolute atomic E-state index is 0.607. The lowest BCUT2D eigenvalue weighted by molar-refractivity contribution is 0.262. The summed E-state index contributed by atoms with van der Waals surface area (Å²) in [6.45, 7) is 4.23. The molecule has 0 N–H and O–H groups in total. The quantitative estimate of drug-likeness (QED) is 0.452. The first-order chi connectivity index (χ1) is 12.4. The lowest BCUT2D eigenvalue weighted by atomic mass is 10.2. The summed E-state index contributed by atoms with van der Waals surface area (Å²) in [6.07, 6.45) is 0. The van der Waals surface area contributed by atoms with Crippen molar-refractivity contribution in [3.63, 3.8) is 0 Å². The third-order valence-corrected chi connectivity index (χ3v) is 5.35. The first kappa shape index (κ1) is 19.6. The fourth-order valence-electron chi connectivity index (χ4n) is 2.98. The van der Waals surface area contributed by atoms with E-state index in [-0.39, 0.29) is 0 Å². The average molecular weight is 456 g/mol. The molecule has 0 bridgehead atoms. The molecule has 0 atom stereocenters. The van der Waals surface area contributed by atoms with E-state index < -0.39 is 0 Å². The number of ether oxygens (including phenoxy) is 1. The maximum absolute atomic E-state index is 6.55. The van der Waals surface area contributed by atoms with Crippen molar-refractivity contribution in [2.24, 2.45) is 0 Å². The van der Waals surface area contributed by atoms with Crippen LogP contribution in [0.25, 0.3) is 10.9 Å². The van der Waals surface area contributed by atoms with Crippen molar-refractivity contribution >= 4 is 50.0 Å². The van der Waals surface area contributed by atoms with E-state index in [1.54, 1.807) is 6.07 Å². The molecule has 0 unspecified atom stereocenters. The molecule has 2 aromatic carbocycles. The molecule has 0 radical (unpaired) electrons. The lowest BCUT2D eigenvalue weighted by Crippen LogP contribution is -2.19. The predicted molar refractivity (Wildman–Crippen MR) is 114 cm³/mol. The van der Waals surface area contributed by atoms with Crippen molar-refractivity contribution in [2.75, 3.05) is 27.2 Å². The number of hydrogen-bond donors (Lipinski definition) is 0. The number of hydrogen-bond acceptors (Lipinski definition) is 2. The summed E-state index contributed by atoms with van der Waals surface area (Å²) >= 11 is 16.3. The highest BCUT2D eigenvalue weighted by Gasteiger charge is 2.19. The Bertz CT molecular complexity index is 920. The van der Waals surface area contributed by atoms with Crippen LogP contribution >= 0.6 is 39.1 Å². The smallest absolute Gasteiger partial charge is 0.147 e. The molecular weight excluding hydrogens is 435 g/mol. The maximum atomic E-state index is 6.55. The van der Waals surface area contributed by atoms with Crippen molar-refractivity contribution in [2.45, 2.75) is 13.5 Å². The van der Waals surface area contributed by atoms with Gasteiger partial charge in [0.15, 0.2) is 0 Å². The van der Waals surface area contributed by atoms with E-state index in [0.29, 0.717) is 23.2 Å². The van der Waals surface area contributed by atoms with Crippen LogP contribution in [0.5, 0.6) is 5.75 Å². The van der Waals surface area contributed by atoms with Crippen LogP contribution < -0.4 is 4.74 Å². The van der Waals surface area contributed by atoms with E-state index in [0.717, 1.165) is 33.4 Å². The van der Waals surface area contributed by atoms with Gasteiger partial charge in [-0.05, 0) is 50.8 Å². The molecule has 3 rings (SSSR count). The molecule has 0 saturated carbocycles. The van der Waals surface area contributed by atoms with E-state index >= 15 is 0 Å². The SMILES string of the molecule is Cc1c(OCCN(C)C)c2cc(Cl)cc(Cl)c2n1Cc1ccc(Br)cc1. The Labute approximate surface area is 172 Å². The van der Waals surface area contributed by atoms with Crippen molar-refractivity contribution in [3.05, 3.63) is 62.2 Å². The molecule has 0 saturated heterocycles. The van der Waals surface area contributed by atoms with Gasteiger partial charge in [-0.3, -0.25) is 0 Å². The highest BCUT2D eigenvalue weighted by molar-refractivity contribution is 9.10. The van der Waals surface area contributed by atoms with E-state index in [9.17, 15) is 0 Å². The molecule has 6 heteroatoms. The Morgan fingerprint density at radius 2 is 1.81 bits per heavy atom. The molecule has 0 aliphatic heterocycles. The Balaban J connectivity index is 2.06. The van der Waals surface area contributed by atoms with Crippen molar-refractivity contribution in [1.82, 2.24) is 9.47 Å². The molecular formula is C20H21BrCl2N2O. The Kier molecular flexibility index (Phi) is 6.18. The van der Waals surface area contributed by atoms with E-state index in [1.165, 1.54) is 5.56 Å². The van der Waals surface area contributed by atoms with Gasteiger partial charge in [-0.2, -0.15) is 0 Å². The van der Waals surface area contributed by atoms with Gasteiger partial charge >= 0.3 is 0 Å². The Morgan fingerprint density at radius 1 is 1.12 bits per heavy atom. The summed E-state index contributed by atoms with van der Waals surface area (Å²) in [6, 6.07) is 12.0. The van der Waals surface area contributed by atoms with Gasteiger partial charge in [-0.1, -0.05) is 51.3 Å². The highest BCUT2D eigenvalue weighted by Crippen LogP contribution is 2.39. The first-order valence-electron chi connectivity index (χ1n) is 8.36. The third-order valence-electron chi connectivity index (χ3n) is 4.32. The summed E-state index contributed by atoms with van der Waals surface area (Å²) in [5, 5.41) is 2.20. The van der Waals surface area contributed by atoms with Crippen LogP contribution in [0.2, 0.25) is 10.0 Å². The minimum atomic E-state index is 0.607. The van der Waals surface area contributed by atoms with Crippen molar-refractivity contribution in [1.29, 1.82) is 0 Å². The number of halogens is 3. The van der Waals surface area contributed by atoms with Gasteiger partial charge in [0.05, 0.1) is 16.2 Å². The van der Waals surface area contributed by atoms with Crippen LogP contribution in [0.1, 0.15) is 11.3 Å². The van der Waals surface area contributed by atoms with Crippen LogP contribution in [0.3, 0.4) is 0 Å². The summed E-state index contributed by atoms with van der Waals surface area (Å²) in [5.74, 6) is 0.850. The fourth-order valence-corrected chi connectivity index (χ4v) is 3.84. The summed E-state index contributed by atoms with van der Waals surface area (Å²) < 4.78 is 9.38. The lowest BCUT2D eigenvalue weighted by Gasteiger charge is -2.12. The highest BCUT2D eigenvalue weighted by atomic mass is 79.9. The normalized spacial score (nSPS) is 11.5. The zero-order valence-electron chi connectivity index (χ0n) is 15.0. The standard InChI is InChI=1S/C20H21BrCl2N2O/c1-13-20(26-9-8-24(2)3)17-10-16(22)11-18(23)19(17)25(13)12-14-4-6-15(21)7-5-14/h4-7,10-11H,8-9,12H2,1-3H3. The number of fused-ring (bicyclic) bond motifs is 1. The topological polar surface area (TPSA) is 17.4 Å². The second-order valence-electron chi connectivity index (χ2n) is 6.56. The molecule has 26 heavy (non-hydrogen) atoms. The van der Waals surface area contributed by atoms with Crippen LogP contribution in [0, 0.1) is 6.92 Å². The second kappa shape index (κ2) is 8.22. The molecule has 1 heterocycles. The number of likely N-dealkylation sites (N-methyl/N-ethyl adjacent to an activating group) is 1. The predicted octanol–water partition coefficient (Wildman–Crippen LogP) is 6.01. The van der Waals surface area contributed by atoms with Gasteiger partial charge in [-0.15, -0.1) is 0 Å². The molecule has 0 fully saturated rings. The summed E-state index contributed by atoms with van der Waals surface area (Å²) in [5.41, 5.74) is 3.20. The first-order valence-corrected chi connectivity index (χ1v) is 9.91. The van der Waals surface area contributed by atoms with E-state index in [1.807, 2.05) is 32.3 Å². The minimum Gasteiger partial charge on any atom is -0.490 e. The van der Waals surface area contributed by atoms with Gasteiger partial charge < -0.3 is 14.2 Å². The van der Waals surface area contributed by atoms with Gasteiger partial charge in [0, 0.05) is 28.0 Å². The van der Waals surface area contributed by atoms with Gasteiger partial charge in [-0.25, -0.2) is 0 Å². The largest absolute Gasteiger partial charge is 0.490 e. The number of nitrogens with zero attached hydrogens (tertiary/aromatic N) is 2. The summed E-state index contributed by atoms with van der Waals surface area (Å²) in [4.78, 5) is 2.09. The van der Waals surface area contributed by atoms with E-state index in [2.05, 4.69) is 44.5 Å². The van der Waals surface area contributed by atoms with Crippen LogP contribution in [0.4, 0.5) is 0 Å². The zero-order chi connectivity index (χ0) is 18.8. The monoisotopic (exact) mass is 454 g/mol. The molecule has 3 nitrogen and oxygen atoms in total. The summed E-state index contributed by atoms with van der Waals surface area (Å²) in [7, 11) is 4.06. The molecule has 138 valence electrons.